The molecule has 1 heterocycles. The maximum absolute atomic E-state index is 5.94. The molecule has 0 atom stereocenters. The molecule has 0 aliphatic rings. The molecule has 4 heteroatoms. The van der Waals surface area contributed by atoms with Crippen LogP contribution in [0.15, 0.2) is 6.07 Å². The van der Waals surface area contributed by atoms with Gasteiger partial charge in [-0.3, -0.25) is 9.58 Å². The molecular weight excluding hydrogens is 246 g/mol. The Bertz CT molecular complexity index is 345. The van der Waals surface area contributed by atoms with Gasteiger partial charge in [0.2, 0.25) is 0 Å². The highest BCUT2D eigenvalue weighted by molar-refractivity contribution is 6.18. The Balaban J connectivity index is 2.81. The lowest BCUT2D eigenvalue weighted by Gasteiger charge is -2.29. The van der Waals surface area contributed by atoms with Crippen LogP contribution in [0.2, 0.25) is 0 Å². The van der Waals surface area contributed by atoms with Crippen LogP contribution in [0.4, 0.5) is 0 Å². The minimum absolute atomic E-state index is 0.615. The standard InChI is InChI=1S/C14H26ClN3/c1-5-13(6-2)17(9-8-15)11-14-10-12(4)16-18(14)7-3/h10,13H,5-9,11H2,1-4H3. The van der Waals surface area contributed by atoms with Crippen molar-refractivity contribution in [1.29, 1.82) is 0 Å². The second-order valence-electron chi connectivity index (χ2n) is 4.72. The van der Waals surface area contributed by atoms with Crippen molar-refractivity contribution in [1.82, 2.24) is 14.7 Å². The number of nitrogens with zero attached hydrogens (tertiary/aromatic N) is 3. The third-order valence-corrected chi connectivity index (χ3v) is 3.65. The Labute approximate surface area is 116 Å². The highest BCUT2D eigenvalue weighted by Gasteiger charge is 2.17. The molecule has 0 amide bonds. The van der Waals surface area contributed by atoms with E-state index in [2.05, 4.69) is 48.4 Å². The molecule has 0 spiro atoms. The van der Waals surface area contributed by atoms with E-state index in [-0.39, 0.29) is 0 Å². The van der Waals surface area contributed by atoms with E-state index in [1.165, 1.54) is 18.5 Å². The fourth-order valence-corrected chi connectivity index (χ4v) is 2.73. The van der Waals surface area contributed by atoms with Crippen molar-refractivity contribution in [2.24, 2.45) is 0 Å². The van der Waals surface area contributed by atoms with E-state index in [4.69, 9.17) is 11.6 Å². The Hall–Kier alpha value is -0.540. The zero-order valence-electron chi connectivity index (χ0n) is 12.1. The quantitative estimate of drug-likeness (QED) is 0.676. The normalized spacial score (nSPS) is 11.7. The van der Waals surface area contributed by atoms with Gasteiger partial charge >= 0.3 is 0 Å². The fraction of sp³-hybridized carbons (Fsp3) is 0.786. The largest absolute Gasteiger partial charge is 0.293 e. The fourth-order valence-electron chi connectivity index (χ4n) is 2.51. The second-order valence-corrected chi connectivity index (χ2v) is 5.10. The van der Waals surface area contributed by atoms with Crippen LogP contribution >= 0.6 is 11.6 Å². The predicted molar refractivity (Wildman–Crippen MR) is 78.1 cm³/mol. The molecule has 1 rings (SSSR count). The molecule has 0 aliphatic heterocycles. The maximum atomic E-state index is 5.94. The highest BCUT2D eigenvalue weighted by Crippen LogP contribution is 2.14. The molecule has 0 aromatic carbocycles. The second kappa shape index (κ2) is 7.80. The Morgan fingerprint density at radius 1 is 1.33 bits per heavy atom. The van der Waals surface area contributed by atoms with E-state index in [0.29, 0.717) is 11.9 Å². The molecule has 0 bridgehead atoms. The van der Waals surface area contributed by atoms with Crippen LogP contribution in [0.1, 0.15) is 45.0 Å². The van der Waals surface area contributed by atoms with Crippen molar-refractivity contribution in [2.45, 2.75) is 59.7 Å². The van der Waals surface area contributed by atoms with Crippen LogP contribution in [0.25, 0.3) is 0 Å². The van der Waals surface area contributed by atoms with E-state index in [1.54, 1.807) is 0 Å². The molecule has 0 saturated carbocycles. The summed E-state index contributed by atoms with van der Waals surface area (Å²) in [6.07, 6.45) is 2.35. The monoisotopic (exact) mass is 271 g/mol. The van der Waals surface area contributed by atoms with Crippen molar-refractivity contribution < 1.29 is 0 Å². The molecule has 1 aromatic rings. The molecule has 0 N–H and O–H groups in total. The zero-order valence-corrected chi connectivity index (χ0v) is 12.9. The average molecular weight is 272 g/mol. The molecule has 0 aliphatic carbocycles. The van der Waals surface area contributed by atoms with Crippen LogP contribution in [-0.4, -0.2) is 33.1 Å². The third-order valence-electron chi connectivity index (χ3n) is 3.48. The minimum atomic E-state index is 0.615. The molecular formula is C14H26ClN3. The summed E-state index contributed by atoms with van der Waals surface area (Å²) in [5, 5.41) is 4.51. The number of hydrogen-bond acceptors (Lipinski definition) is 2. The predicted octanol–water partition coefficient (Wildman–Crippen LogP) is 3.44. The van der Waals surface area contributed by atoms with Crippen molar-refractivity contribution >= 4 is 11.6 Å². The molecule has 1 aromatic heterocycles. The van der Waals surface area contributed by atoms with Crippen LogP contribution in [-0.2, 0) is 13.1 Å². The lowest BCUT2D eigenvalue weighted by molar-refractivity contribution is 0.183. The smallest absolute Gasteiger partial charge is 0.0597 e. The summed E-state index contributed by atoms with van der Waals surface area (Å²) in [4.78, 5) is 2.48. The lowest BCUT2D eigenvalue weighted by Crippen LogP contribution is -2.36. The van der Waals surface area contributed by atoms with Crippen molar-refractivity contribution in [2.75, 3.05) is 12.4 Å². The van der Waals surface area contributed by atoms with Gasteiger partial charge in [-0.2, -0.15) is 5.10 Å². The van der Waals surface area contributed by atoms with Crippen LogP contribution < -0.4 is 0 Å². The van der Waals surface area contributed by atoms with Crippen LogP contribution in [0.3, 0.4) is 0 Å². The summed E-state index contributed by atoms with van der Waals surface area (Å²) in [6, 6.07) is 2.80. The number of halogens is 1. The molecule has 0 unspecified atom stereocenters. The van der Waals surface area contributed by atoms with Crippen molar-refractivity contribution in [3.63, 3.8) is 0 Å². The third kappa shape index (κ3) is 3.99. The Morgan fingerprint density at radius 2 is 2.00 bits per heavy atom. The van der Waals surface area contributed by atoms with Gasteiger partial charge in [-0.1, -0.05) is 13.8 Å². The maximum Gasteiger partial charge on any atom is 0.0597 e. The van der Waals surface area contributed by atoms with Gasteiger partial charge in [-0.05, 0) is 32.8 Å². The van der Waals surface area contributed by atoms with Gasteiger partial charge in [0, 0.05) is 31.6 Å². The molecule has 18 heavy (non-hydrogen) atoms. The summed E-state index contributed by atoms with van der Waals surface area (Å²) >= 11 is 5.94. The summed E-state index contributed by atoms with van der Waals surface area (Å²) in [6.45, 7) is 11.5. The van der Waals surface area contributed by atoms with Crippen LogP contribution in [0.5, 0.6) is 0 Å². The first-order chi connectivity index (χ1) is 8.65. The van der Waals surface area contributed by atoms with Gasteiger partial charge in [-0.25, -0.2) is 0 Å². The summed E-state index contributed by atoms with van der Waals surface area (Å²) in [7, 11) is 0. The number of rotatable bonds is 8. The van der Waals surface area contributed by atoms with Crippen molar-refractivity contribution in [3.8, 4) is 0 Å². The Kier molecular flexibility index (Phi) is 6.72. The number of aryl methyl sites for hydroxylation is 2. The van der Waals surface area contributed by atoms with E-state index in [9.17, 15) is 0 Å². The lowest BCUT2D eigenvalue weighted by atomic mass is 10.1. The molecule has 104 valence electrons. The summed E-state index contributed by atoms with van der Waals surface area (Å²) in [5.41, 5.74) is 2.40. The zero-order chi connectivity index (χ0) is 13.5. The minimum Gasteiger partial charge on any atom is -0.293 e. The van der Waals surface area contributed by atoms with Gasteiger partial charge in [0.1, 0.15) is 0 Å². The first-order valence-corrected chi connectivity index (χ1v) is 7.52. The topological polar surface area (TPSA) is 21.1 Å². The Morgan fingerprint density at radius 3 is 2.50 bits per heavy atom. The molecule has 3 nitrogen and oxygen atoms in total. The average Bonchev–Trinajstić information content (AvgIpc) is 2.71. The highest BCUT2D eigenvalue weighted by atomic mass is 35.5. The van der Waals surface area contributed by atoms with Gasteiger partial charge in [0.25, 0.3) is 0 Å². The van der Waals surface area contributed by atoms with Crippen molar-refractivity contribution in [3.05, 3.63) is 17.5 Å². The van der Waals surface area contributed by atoms with Crippen LogP contribution in [0, 0.1) is 6.92 Å². The molecule has 0 saturated heterocycles. The van der Waals surface area contributed by atoms with Gasteiger partial charge in [-0.15, -0.1) is 11.6 Å². The van der Waals surface area contributed by atoms with Gasteiger partial charge in [0.15, 0.2) is 0 Å². The number of hydrogen-bond donors (Lipinski definition) is 0. The SMILES string of the molecule is CCC(CC)N(CCCl)Cc1cc(C)nn1CC. The van der Waals surface area contributed by atoms with E-state index >= 15 is 0 Å². The first kappa shape index (κ1) is 15.5. The number of aromatic nitrogens is 2. The first-order valence-electron chi connectivity index (χ1n) is 6.99. The van der Waals surface area contributed by atoms with E-state index in [0.717, 1.165) is 25.3 Å². The van der Waals surface area contributed by atoms with E-state index in [1.807, 2.05) is 0 Å². The van der Waals surface area contributed by atoms with Gasteiger partial charge in [0.05, 0.1) is 11.4 Å². The number of alkyl halides is 1. The summed E-state index contributed by atoms with van der Waals surface area (Å²) in [5.74, 6) is 0.690. The van der Waals surface area contributed by atoms with E-state index < -0.39 is 0 Å². The molecule has 0 radical (unpaired) electrons. The summed E-state index contributed by atoms with van der Waals surface area (Å²) < 4.78 is 2.10. The van der Waals surface area contributed by atoms with Gasteiger partial charge < -0.3 is 0 Å². The molecule has 0 fully saturated rings.